The average Bonchev–Trinajstić information content (AvgIpc) is 2.54. The summed E-state index contributed by atoms with van der Waals surface area (Å²) >= 11 is 0. The van der Waals surface area contributed by atoms with Crippen molar-refractivity contribution in [1.29, 1.82) is 0 Å². The molecule has 3 N–H and O–H groups in total. The van der Waals surface area contributed by atoms with E-state index < -0.39 is 10.0 Å². The molecule has 1 aromatic rings. The lowest BCUT2D eigenvalue weighted by Crippen LogP contribution is -2.48. The smallest absolute Gasteiger partial charge is 0.317 e. The maximum atomic E-state index is 12.3. The van der Waals surface area contributed by atoms with Crippen LogP contribution in [0.1, 0.15) is 38.2 Å². The summed E-state index contributed by atoms with van der Waals surface area (Å²) in [5.74, 6) is 0. The van der Waals surface area contributed by atoms with Gasteiger partial charge in [-0.1, -0.05) is 19.1 Å². The molecule has 23 heavy (non-hydrogen) atoms. The average molecular weight is 339 g/mol. The SMILES string of the molecule is CC[C@@H]1CCCCN1C(=O)NCCc1ccc(S(N)(=O)=O)cc1. The second-order valence-electron chi connectivity index (χ2n) is 5.92. The molecule has 2 rings (SSSR count). The number of urea groups is 1. The third-order valence-electron chi connectivity index (χ3n) is 4.30. The highest BCUT2D eigenvalue weighted by Crippen LogP contribution is 2.19. The van der Waals surface area contributed by atoms with Gasteiger partial charge in [0.05, 0.1) is 4.90 Å². The van der Waals surface area contributed by atoms with Crippen LogP contribution in [0.15, 0.2) is 29.2 Å². The second-order valence-corrected chi connectivity index (χ2v) is 7.48. The number of hydrogen-bond donors (Lipinski definition) is 2. The second kappa shape index (κ2) is 7.79. The van der Waals surface area contributed by atoms with Crippen molar-refractivity contribution in [2.45, 2.75) is 50.0 Å². The number of sulfonamides is 1. The van der Waals surface area contributed by atoms with Gasteiger partial charge in [-0.3, -0.25) is 0 Å². The Morgan fingerprint density at radius 3 is 2.61 bits per heavy atom. The maximum Gasteiger partial charge on any atom is 0.317 e. The minimum Gasteiger partial charge on any atom is -0.338 e. The Morgan fingerprint density at radius 2 is 2.00 bits per heavy atom. The molecular formula is C16H25N3O3S. The van der Waals surface area contributed by atoms with Crippen LogP contribution in [0, 0.1) is 0 Å². The third-order valence-corrected chi connectivity index (χ3v) is 5.23. The lowest BCUT2D eigenvalue weighted by atomic mass is 10.0. The lowest BCUT2D eigenvalue weighted by molar-refractivity contribution is 0.149. The first-order chi connectivity index (χ1) is 10.9. The summed E-state index contributed by atoms with van der Waals surface area (Å²) in [5, 5.41) is 8.02. The van der Waals surface area contributed by atoms with Crippen LogP contribution in [-0.4, -0.2) is 38.5 Å². The van der Waals surface area contributed by atoms with Gasteiger partial charge >= 0.3 is 6.03 Å². The summed E-state index contributed by atoms with van der Waals surface area (Å²) in [6.45, 7) is 3.47. The molecular weight excluding hydrogens is 314 g/mol. The number of nitrogens with zero attached hydrogens (tertiary/aromatic N) is 1. The van der Waals surface area contributed by atoms with Crippen LogP contribution >= 0.6 is 0 Å². The number of nitrogens with one attached hydrogen (secondary N) is 1. The zero-order valence-corrected chi connectivity index (χ0v) is 14.3. The third kappa shape index (κ3) is 4.94. The molecule has 0 saturated carbocycles. The van der Waals surface area contributed by atoms with Crippen molar-refractivity contribution in [3.63, 3.8) is 0 Å². The Balaban J connectivity index is 1.83. The molecule has 0 aliphatic carbocycles. The van der Waals surface area contributed by atoms with Gasteiger partial charge in [0.25, 0.3) is 0 Å². The normalized spacial score (nSPS) is 18.7. The molecule has 1 aliphatic heterocycles. The summed E-state index contributed by atoms with van der Waals surface area (Å²) in [5.41, 5.74) is 0.961. The van der Waals surface area contributed by atoms with Crippen LogP contribution in [0.25, 0.3) is 0 Å². The van der Waals surface area contributed by atoms with Crippen molar-refractivity contribution in [3.8, 4) is 0 Å². The van der Waals surface area contributed by atoms with Crippen molar-refractivity contribution in [3.05, 3.63) is 29.8 Å². The molecule has 1 aromatic carbocycles. The van der Waals surface area contributed by atoms with Crippen LogP contribution in [0.2, 0.25) is 0 Å². The van der Waals surface area contributed by atoms with Gasteiger partial charge in [0, 0.05) is 19.1 Å². The lowest BCUT2D eigenvalue weighted by Gasteiger charge is -2.35. The number of benzene rings is 1. The predicted octanol–water partition coefficient (Wildman–Crippen LogP) is 1.85. The Hall–Kier alpha value is -1.60. The van der Waals surface area contributed by atoms with E-state index in [0.29, 0.717) is 19.0 Å². The van der Waals surface area contributed by atoms with Crippen molar-refractivity contribution in [2.24, 2.45) is 5.14 Å². The highest BCUT2D eigenvalue weighted by Gasteiger charge is 2.24. The molecule has 0 bridgehead atoms. The highest BCUT2D eigenvalue weighted by molar-refractivity contribution is 7.89. The molecule has 1 atom stereocenters. The van der Waals surface area contributed by atoms with E-state index in [1.165, 1.54) is 18.6 Å². The van der Waals surface area contributed by atoms with Gasteiger partial charge in [0.15, 0.2) is 0 Å². The van der Waals surface area contributed by atoms with Gasteiger partial charge in [-0.25, -0.2) is 18.4 Å². The first kappa shape index (κ1) is 17.7. The monoisotopic (exact) mass is 339 g/mol. The molecule has 1 saturated heterocycles. The van der Waals surface area contributed by atoms with E-state index in [4.69, 9.17) is 5.14 Å². The molecule has 7 heteroatoms. The van der Waals surface area contributed by atoms with Crippen molar-refractivity contribution in [2.75, 3.05) is 13.1 Å². The van der Waals surface area contributed by atoms with Crippen molar-refractivity contribution in [1.82, 2.24) is 10.2 Å². The quantitative estimate of drug-likeness (QED) is 0.857. The molecule has 2 amide bonds. The van der Waals surface area contributed by atoms with Crippen LogP contribution in [-0.2, 0) is 16.4 Å². The number of carbonyl (C=O) groups is 1. The van der Waals surface area contributed by atoms with E-state index in [1.807, 2.05) is 4.90 Å². The number of carbonyl (C=O) groups excluding carboxylic acids is 1. The highest BCUT2D eigenvalue weighted by atomic mass is 32.2. The zero-order valence-electron chi connectivity index (χ0n) is 13.5. The molecule has 1 fully saturated rings. The number of likely N-dealkylation sites (tertiary alicyclic amines) is 1. The van der Waals surface area contributed by atoms with Crippen LogP contribution < -0.4 is 10.5 Å². The summed E-state index contributed by atoms with van der Waals surface area (Å²) in [4.78, 5) is 14.3. The first-order valence-corrected chi connectivity index (χ1v) is 9.62. The summed E-state index contributed by atoms with van der Waals surface area (Å²) < 4.78 is 22.4. The van der Waals surface area contributed by atoms with Crippen LogP contribution in [0.5, 0.6) is 0 Å². The van der Waals surface area contributed by atoms with Gasteiger partial charge in [0.2, 0.25) is 10.0 Å². The fraction of sp³-hybridized carbons (Fsp3) is 0.562. The minimum absolute atomic E-state index is 0.00212. The Labute approximate surface area is 138 Å². The van der Waals surface area contributed by atoms with Gasteiger partial charge < -0.3 is 10.2 Å². The summed E-state index contributed by atoms with van der Waals surface area (Å²) in [7, 11) is -3.65. The summed E-state index contributed by atoms with van der Waals surface area (Å²) in [6.07, 6.45) is 4.99. The number of rotatable bonds is 5. The fourth-order valence-electron chi connectivity index (χ4n) is 2.95. The molecule has 1 aliphatic rings. The topological polar surface area (TPSA) is 92.5 Å². The van der Waals surface area contributed by atoms with E-state index in [9.17, 15) is 13.2 Å². The Kier molecular flexibility index (Phi) is 6.01. The summed E-state index contributed by atoms with van der Waals surface area (Å²) in [6, 6.07) is 6.77. The molecule has 0 radical (unpaired) electrons. The number of amides is 2. The van der Waals surface area contributed by atoms with Gasteiger partial charge in [0.1, 0.15) is 0 Å². The number of nitrogens with two attached hydrogens (primary N) is 1. The largest absolute Gasteiger partial charge is 0.338 e. The zero-order chi connectivity index (χ0) is 16.9. The minimum atomic E-state index is -3.65. The van der Waals surface area contributed by atoms with E-state index in [1.54, 1.807) is 12.1 Å². The number of primary sulfonamides is 1. The van der Waals surface area contributed by atoms with E-state index >= 15 is 0 Å². The van der Waals surface area contributed by atoms with Gasteiger partial charge in [-0.2, -0.15) is 0 Å². The van der Waals surface area contributed by atoms with Crippen LogP contribution in [0.4, 0.5) is 4.79 Å². The van der Waals surface area contributed by atoms with Gasteiger partial charge in [-0.15, -0.1) is 0 Å². The van der Waals surface area contributed by atoms with Crippen molar-refractivity contribution < 1.29 is 13.2 Å². The first-order valence-electron chi connectivity index (χ1n) is 8.08. The van der Waals surface area contributed by atoms with Gasteiger partial charge in [-0.05, 0) is 49.8 Å². The molecule has 0 spiro atoms. The molecule has 1 heterocycles. The number of hydrogen-bond acceptors (Lipinski definition) is 3. The molecule has 6 nitrogen and oxygen atoms in total. The molecule has 0 aromatic heterocycles. The predicted molar refractivity (Wildman–Crippen MR) is 89.6 cm³/mol. The Morgan fingerprint density at radius 1 is 1.30 bits per heavy atom. The number of piperidine rings is 1. The molecule has 0 unspecified atom stereocenters. The van der Waals surface area contributed by atoms with E-state index in [-0.39, 0.29) is 10.9 Å². The Bertz CT molecular complexity index is 628. The van der Waals surface area contributed by atoms with E-state index in [2.05, 4.69) is 12.2 Å². The van der Waals surface area contributed by atoms with Crippen molar-refractivity contribution >= 4 is 16.1 Å². The van der Waals surface area contributed by atoms with E-state index in [0.717, 1.165) is 31.4 Å². The maximum absolute atomic E-state index is 12.3. The van der Waals surface area contributed by atoms with Crippen LogP contribution in [0.3, 0.4) is 0 Å². The standard InChI is InChI=1S/C16H25N3O3S/c1-2-14-5-3-4-12-19(14)16(20)18-11-10-13-6-8-15(9-7-13)23(17,21)22/h6-9,14H,2-5,10-12H2,1H3,(H,18,20)(H2,17,21,22)/t14-/m1/s1. The molecule has 128 valence electrons. The fourth-order valence-corrected chi connectivity index (χ4v) is 3.47.